The molecule has 2 atom stereocenters. The smallest absolute Gasteiger partial charge is 0.297 e. The van der Waals surface area contributed by atoms with Crippen molar-refractivity contribution in [1.29, 1.82) is 0 Å². The molecule has 1 saturated heterocycles. The lowest BCUT2D eigenvalue weighted by Gasteiger charge is -2.29. The Balaban J connectivity index is 1.84. The molecule has 0 N–H and O–H groups in total. The van der Waals surface area contributed by atoms with Gasteiger partial charge in [-0.1, -0.05) is 37.6 Å². The van der Waals surface area contributed by atoms with Crippen LogP contribution in [0, 0.1) is 11.6 Å². The van der Waals surface area contributed by atoms with Crippen molar-refractivity contribution in [2.24, 2.45) is 0 Å². The van der Waals surface area contributed by atoms with Crippen molar-refractivity contribution in [3.05, 3.63) is 65.7 Å². The molecule has 1 aliphatic heterocycles. The van der Waals surface area contributed by atoms with Gasteiger partial charge in [-0.2, -0.15) is 8.42 Å². The molecule has 0 spiro atoms. The van der Waals surface area contributed by atoms with Crippen LogP contribution in [0.3, 0.4) is 0 Å². The summed E-state index contributed by atoms with van der Waals surface area (Å²) in [5.74, 6) is -1.37. The lowest BCUT2D eigenvalue weighted by Crippen LogP contribution is -2.27. The van der Waals surface area contributed by atoms with E-state index >= 15 is 0 Å². The van der Waals surface area contributed by atoms with Crippen LogP contribution < -0.4 is 0 Å². The van der Waals surface area contributed by atoms with Crippen LogP contribution in [-0.4, -0.2) is 21.1 Å². The Morgan fingerprint density at radius 2 is 1.92 bits per heavy atom. The number of ether oxygens (including phenoxy) is 1. The Kier molecular flexibility index (Phi) is 5.41. The molecule has 2 aromatic carbocycles. The fourth-order valence-electron chi connectivity index (χ4n) is 3.38. The van der Waals surface area contributed by atoms with Crippen LogP contribution in [-0.2, 0) is 24.6 Å². The van der Waals surface area contributed by atoms with Gasteiger partial charge in [0.05, 0.1) is 17.1 Å². The monoisotopic (exact) mass is 382 g/mol. The highest BCUT2D eigenvalue weighted by atomic mass is 32.2. The zero-order valence-electron chi connectivity index (χ0n) is 14.3. The Morgan fingerprint density at radius 3 is 2.58 bits per heavy atom. The number of hydrogen-bond donors (Lipinski definition) is 0. The summed E-state index contributed by atoms with van der Waals surface area (Å²) in [6.07, 6.45) is 0.599. The van der Waals surface area contributed by atoms with E-state index in [0.717, 1.165) is 6.07 Å². The van der Waals surface area contributed by atoms with Crippen LogP contribution in [0.4, 0.5) is 8.78 Å². The highest BCUT2D eigenvalue weighted by Gasteiger charge is 2.45. The minimum atomic E-state index is -3.94. The minimum absolute atomic E-state index is 0.0167. The van der Waals surface area contributed by atoms with Crippen LogP contribution in [0.15, 0.2) is 53.4 Å². The number of hydrogen-bond acceptors (Lipinski definition) is 4. The van der Waals surface area contributed by atoms with Crippen molar-refractivity contribution in [2.45, 2.75) is 42.8 Å². The van der Waals surface area contributed by atoms with E-state index in [1.54, 1.807) is 18.2 Å². The first-order chi connectivity index (χ1) is 12.4. The van der Waals surface area contributed by atoms with Crippen molar-refractivity contribution >= 4 is 10.1 Å². The van der Waals surface area contributed by atoms with Gasteiger partial charge in [0, 0.05) is 18.1 Å². The lowest BCUT2D eigenvalue weighted by atomic mass is 9.85. The van der Waals surface area contributed by atoms with Gasteiger partial charge in [0.25, 0.3) is 10.1 Å². The number of halogens is 2. The van der Waals surface area contributed by atoms with Gasteiger partial charge in [-0.3, -0.25) is 4.18 Å². The third-order valence-corrected chi connectivity index (χ3v) is 5.85. The molecule has 0 saturated carbocycles. The standard InChI is InChI=1S/C19H20F2O4S/c1-2-10-19(17-9-8-14(20)11-18(17)21)12-15(13-24-19)25-26(22,23)16-6-4-3-5-7-16/h3-9,11,15H,2,10,12-13H2,1H3. The maximum atomic E-state index is 14.3. The van der Waals surface area contributed by atoms with Crippen LogP contribution in [0.2, 0.25) is 0 Å². The molecule has 0 aliphatic carbocycles. The summed E-state index contributed by atoms with van der Waals surface area (Å²) in [6.45, 7) is 1.93. The summed E-state index contributed by atoms with van der Waals surface area (Å²) in [5.41, 5.74) is -0.799. The second-order valence-electron chi connectivity index (χ2n) is 6.37. The van der Waals surface area contributed by atoms with Gasteiger partial charge in [0.15, 0.2) is 0 Å². The molecule has 0 aromatic heterocycles. The molecular weight excluding hydrogens is 362 g/mol. The Morgan fingerprint density at radius 1 is 1.19 bits per heavy atom. The van der Waals surface area contributed by atoms with Crippen molar-refractivity contribution in [3.63, 3.8) is 0 Å². The van der Waals surface area contributed by atoms with Crippen molar-refractivity contribution in [1.82, 2.24) is 0 Å². The van der Waals surface area contributed by atoms with Gasteiger partial charge in [0.1, 0.15) is 17.7 Å². The van der Waals surface area contributed by atoms with E-state index in [4.69, 9.17) is 8.92 Å². The van der Waals surface area contributed by atoms with Crippen molar-refractivity contribution in [3.8, 4) is 0 Å². The molecule has 2 unspecified atom stereocenters. The van der Waals surface area contributed by atoms with E-state index < -0.39 is 33.5 Å². The first-order valence-electron chi connectivity index (χ1n) is 8.44. The summed E-state index contributed by atoms with van der Waals surface area (Å²) in [6, 6.07) is 11.2. The van der Waals surface area contributed by atoms with Crippen LogP contribution >= 0.6 is 0 Å². The van der Waals surface area contributed by atoms with Crippen LogP contribution in [0.25, 0.3) is 0 Å². The predicted molar refractivity (Wildman–Crippen MR) is 92.0 cm³/mol. The maximum absolute atomic E-state index is 14.3. The lowest BCUT2D eigenvalue weighted by molar-refractivity contribution is -0.0123. The first-order valence-corrected chi connectivity index (χ1v) is 9.85. The van der Waals surface area contributed by atoms with Gasteiger partial charge < -0.3 is 4.74 Å². The topological polar surface area (TPSA) is 52.6 Å². The molecule has 1 aliphatic rings. The Labute approximate surface area is 151 Å². The summed E-state index contributed by atoms with van der Waals surface area (Å²) >= 11 is 0. The molecule has 0 bridgehead atoms. The average molecular weight is 382 g/mol. The average Bonchev–Trinajstić information content (AvgIpc) is 2.98. The Hall–Kier alpha value is -1.83. The molecular formula is C19H20F2O4S. The van der Waals surface area contributed by atoms with E-state index in [9.17, 15) is 17.2 Å². The number of rotatable bonds is 6. The second-order valence-corrected chi connectivity index (χ2v) is 7.94. The Bertz CT molecular complexity index is 870. The SMILES string of the molecule is CCCC1(c2ccc(F)cc2F)CC(OS(=O)(=O)c2ccccc2)CO1. The van der Waals surface area contributed by atoms with Crippen LogP contribution in [0.1, 0.15) is 31.7 Å². The van der Waals surface area contributed by atoms with Crippen molar-refractivity contribution in [2.75, 3.05) is 6.61 Å². The molecule has 1 heterocycles. The molecule has 1 fully saturated rings. The van der Waals surface area contributed by atoms with Gasteiger partial charge in [-0.15, -0.1) is 0 Å². The van der Waals surface area contributed by atoms with E-state index in [0.29, 0.717) is 12.8 Å². The second kappa shape index (κ2) is 7.42. The predicted octanol–water partition coefficient (Wildman–Crippen LogP) is 4.15. The molecule has 26 heavy (non-hydrogen) atoms. The highest BCUT2D eigenvalue weighted by molar-refractivity contribution is 7.86. The summed E-state index contributed by atoms with van der Waals surface area (Å²) < 4.78 is 63.5. The summed E-state index contributed by atoms with van der Waals surface area (Å²) in [5, 5.41) is 0. The van der Waals surface area contributed by atoms with Gasteiger partial charge in [-0.05, 0) is 24.6 Å². The van der Waals surface area contributed by atoms with E-state index in [-0.39, 0.29) is 23.5 Å². The normalized spacial score (nSPS) is 23.3. The zero-order chi connectivity index (χ0) is 18.8. The first kappa shape index (κ1) is 18.9. The quantitative estimate of drug-likeness (QED) is 0.704. The third kappa shape index (κ3) is 3.79. The fourth-order valence-corrected chi connectivity index (χ4v) is 4.46. The van der Waals surface area contributed by atoms with Gasteiger partial charge in [0.2, 0.25) is 0 Å². The van der Waals surface area contributed by atoms with Crippen molar-refractivity contribution < 1.29 is 26.1 Å². The van der Waals surface area contributed by atoms with E-state index in [1.165, 1.54) is 24.3 Å². The summed E-state index contributed by atoms with van der Waals surface area (Å²) in [4.78, 5) is 0.0564. The zero-order valence-corrected chi connectivity index (χ0v) is 15.1. The fraction of sp³-hybridized carbons (Fsp3) is 0.368. The molecule has 7 heteroatoms. The molecule has 3 rings (SSSR count). The van der Waals surface area contributed by atoms with Gasteiger partial charge in [-0.25, -0.2) is 8.78 Å². The molecule has 0 amide bonds. The minimum Gasteiger partial charge on any atom is -0.367 e. The van der Waals surface area contributed by atoms with E-state index in [1.807, 2.05) is 6.92 Å². The maximum Gasteiger partial charge on any atom is 0.297 e. The van der Waals surface area contributed by atoms with Gasteiger partial charge >= 0.3 is 0 Å². The summed E-state index contributed by atoms with van der Waals surface area (Å²) in [7, 11) is -3.94. The molecule has 2 aromatic rings. The number of benzene rings is 2. The molecule has 4 nitrogen and oxygen atoms in total. The van der Waals surface area contributed by atoms with Crippen LogP contribution in [0.5, 0.6) is 0 Å². The molecule has 0 radical (unpaired) electrons. The van der Waals surface area contributed by atoms with E-state index in [2.05, 4.69) is 0 Å². The highest BCUT2D eigenvalue weighted by Crippen LogP contribution is 2.43. The third-order valence-electron chi connectivity index (χ3n) is 4.47. The molecule has 140 valence electrons. The largest absolute Gasteiger partial charge is 0.367 e.